The summed E-state index contributed by atoms with van der Waals surface area (Å²) in [5.41, 5.74) is 3.32. The first-order valence-corrected chi connectivity index (χ1v) is 7.24. The fourth-order valence-electron chi connectivity index (χ4n) is 2.28. The Morgan fingerprint density at radius 3 is 3.00 bits per heavy atom. The number of nitrogens with one attached hydrogen (secondary N) is 2. The maximum Gasteiger partial charge on any atom is 0.119 e. The van der Waals surface area contributed by atoms with Crippen molar-refractivity contribution in [3.05, 3.63) is 54.2 Å². The van der Waals surface area contributed by atoms with E-state index in [0.717, 1.165) is 41.9 Å². The molecule has 0 atom stereocenters. The molecule has 0 radical (unpaired) electrons. The van der Waals surface area contributed by atoms with E-state index in [1.807, 2.05) is 30.5 Å². The molecule has 0 spiro atoms. The quantitative estimate of drug-likeness (QED) is 0.719. The highest BCUT2D eigenvalue weighted by Crippen LogP contribution is 2.22. The minimum absolute atomic E-state index is 0.755. The summed E-state index contributed by atoms with van der Waals surface area (Å²) in [6.07, 6.45) is 2.86. The van der Waals surface area contributed by atoms with Crippen molar-refractivity contribution in [3.8, 4) is 5.75 Å². The van der Waals surface area contributed by atoms with Crippen molar-refractivity contribution in [2.24, 2.45) is 0 Å². The lowest BCUT2D eigenvalue weighted by Gasteiger charge is -2.10. The van der Waals surface area contributed by atoms with Crippen LogP contribution in [0.15, 0.2) is 48.7 Å². The van der Waals surface area contributed by atoms with Crippen LogP contribution in [0.25, 0.3) is 10.9 Å². The Hall–Kier alpha value is -2.49. The van der Waals surface area contributed by atoms with Gasteiger partial charge < -0.3 is 10.1 Å². The number of aromatic amines is 1. The van der Waals surface area contributed by atoms with E-state index in [4.69, 9.17) is 4.74 Å². The molecule has 0 aliphatic carbocycles. The van der Waals surface area contributed by atoms with E-state index >= 15 is 0 Å². The van der Waals surface area contributed by atoms with Gasteiger partial charge in [-0.05, 0) is 36.2 Å². The zero-order chi connectivity index (χ0) is 14.5. The number of anilines is 1. The van der Waals surface area contributed by atoms with Crippen molar-refractivity contribution in [2.75, 3.05) is 11.9 Å². The van der Waals surface area contributed by atoms with Crippen LogP contribution in [0.3, 0.4) is 0 Å². The molecule has 4 nitrogen and oxygen atoms in total. The summed E-state index contributed by atoms with van der Waals surface area (Å²) in [6.45, 7) is 3.62. The van der Waals surface area contributed by atoms with Crippen LogP contribution in [-0.2, 0) is 6.54 Å². The molecule has 2 aromatic carbocycles. The molecule has 3 rings (SSSR count). The largest absolute Gasteiger partial charge is 0.494 e. The van der Waals surface area contributed by atoms with Crippen molar-refractivity contribution < 1.29 is 4.74 Å². The van der Waals surface area contributed by atoms with E-state index in [1.54, 1.807) is 0 Å². The molecule has 0 amide bonds. The normalized spacial score (nSPS) is 10.7. The van der Waals surface area contributed by atoms with E-state index in [1.165, 1.54) is 5.56 Å². The van der Waals surface area contributed by atoms with Gasteiger partial charge in [0.15, 0.2) is 0 Å². The standard InChI is InChI=1S/C17H19N3O/c1-2-9-21-14-6-3-5-13(10-14)11-18-16-7-4-8-17-15(16)12-19-20-17/h3-8,10,12,18H,2,9,11H2,1H3,(H,19,20). The van der Waals surface area contributed by atoms with Crippen LogP contribution in [0.2, 0.25) is 0 Å². The van der Waals surface area contributed by atoms with E-state index in [9.17, 15) is 0 Å². The second-order valence-electron chi connectivity index (χ2n) is 4.99. The molecule has 21 heavy (non-hydrogen) atoms. The minimum atomic E-state index is 0.755. The zero-order valence-corrected chi connectivity index (χ0v) is 12.1. The molecular weight excluding hydrogens is 262 g/mol. The smallest absolute Gasteiger partial charge is 0.119 e. The predicted octanol–water partition coefficient (Wildman–Crippen LogP) is 3.96. The van der Waals surface area contributed by atoms with Gasteiger partial charge in [-0.3, -0.25) is 5.10 Å². The number of fused-ring (bicyclic) bond motifs is 1. The molecule has 2 N–H and O–H groups in total. The number of H-pyrrole nitrogens is 1. The molecule has 3 aromatic rings. The number of rotatable bonds is 6. The Morgan fingerprint density at radius 1 is 1.19 bits per heavy atom. The van der Waals surface area contributed by atoms with Gasteiger partial charge in [0.1, 0.15) is 5.75 Å². The summed E-state index contributed by atoms with van der Waals surface area (Å²) in [6, 6.07) is 14.3. The van der Waals surface area contributed by atoms with Gasteiger partial charge in [0.25, 0.3) is 0 Å². The first-order chi connectivity index (χ1) is 10.4. The molecule has 4 heteroatoms. The van der Waals surface area contributed by atoms with Crippen molar-refractivity contribution in [2.45, 2.75) is 19.9 Å². The van der Waals surface area contributed by atoms with Gasteiger partial charge in [-0.15, -0.1) is 0 Å². The van der Waals surface area contributed by atoms with Gasteiger partial charge in [-0.2, -0.15) is 5.10 Å². The van der Waals surface area contributed by atoms with Crippen molar-refractivity contribution >= 4 is 16.6 Å². The van der Waals surface area contributed by atoms with Crippen molar-refractivity contribution in [1.29, 1.82) is 0 Å². The van der Waals surface area contributed by atoms with Gasteiger partial charge in [0, 0.05) is 17.6 Å². The summed E-state index contributed by atoms with van der Waals surface area (Å²) in [5.74, 6) is 0.928. The van der Waals surface area contributed by atoms with Gasteiger partial charge >= 0.3 is 0 Å². The van der Waals surface area contributed by atoms with Gasteiger partial charge in [-0.1, -0.05) is 25.1 Å². The highest BCUT2D eigenvalue weighted by atomic mass is 16.5. The van der Waals surface area contributed by atoms with Crippen LogP contribution in [0.1, 0.15) is 18.9 Å². The zero-order valence-electron chi connectivity index (χ0n) is 12.1. The summed E-state index contributed by atoms with van der Waals surface area (Å²) >= 11 is 0. The number of hydrogen-bond donors (Lipinski definition) is 2. The number of benzene rings is 2. The van der Waals surface area contributed by atoms with Crippen LogP contribution in [0.4, 0.5) is 5.69 Å². The average Bonchev–Trinajstić information content (AvgIpc) is 3.00. The number of ether oxygens (including phenoxy) is 1. The van der Waals surface area contributed by atoms with Crippen LogP contribution in [-0.4, -0.2) is 16.8 Å². The number of nitrogens with zero attached hydrogens (tertiary/aromatic N) is 1. The van der Waals surface area contributed by atoms with Crippen LogP contribution in [0.5, 0.6) is 5.75 Å². The Kier molecular flexibility index (Phi) is 4.05. The fraction of sp³-hybridized carbons (Fsp3) is 0.235. The maximum absolute atomic E-state index is 5.66. The summed E-state index contributed by atoms with van der Waals surface area (Å²) in [4.78, 5) is 0. The van der Waals surface area contributed by atoms with Crippen LogP contribution >= 0.6 is 0 Å². The van der Waals surface area contributed by atoms with Gasteiger partial charge in [0.05, 0.1) is 18.3 Å². The number of aromatic nitrogens is 2. The lowest BCUT2D eigenvalue weighted by molar-refractivity contribution is 0.317. The third-order valence-electron chi connectivity index (χ3n) is 3.34. The highest BCUT2D eigenvalue weighted by Gasteiger charge is 2.02. The van der Waals surface area contributed by atoms with E-state index in [-0.39, 0.29) is 0 Å². The molecular formula is C17H19N3O. The molecule has 0 saturated heterocycles. The van der Waals surface area contributed by atoms with Crippen LogP contribution in [0, 0.1) is 0 Å². The molecule has 0 fully saturated rings. The number of hydrogen-bond acceptors (Lipinski definition) is 3. The second kappa shape index (κ2) is 6.31. The maximum atomic E-state index is 5.66. The SMILES string of the molecule is CCCOc1cccc(CNc2cccc3[nH]ncc23)c1. The summed E-state index contributed by atoms with van der Waals surface area (Å²) < 4.78 is 5.66. The predicted molar refractivity (Wildman–Crippen MR) is 85.6 cm³/mol. The lowest BCUT2D eigenvalue weighted by Crippen LogP contribution is -2.01. The van der Waals surface area contributed by atoms with E-state index < -0.39 is 0 Å². The Morgan fingerprint density at radius 2 is 2.10 bits per heavy atom. The Balaban J connectivity index is 1.71. The molecule has 0 aliphatic rings. The van der Waals surface area contributed by atoms with Crippen molar-refractivity contribution in [1.82, 2.24) is 10.2 Å². The molecule has 0 bridgehead atoms. The molecule has 1 aromatic heterocycles. The van der Waals surface area contributed by atoms with Crippen molar-refractivity contribution in [3.63, 3.8) is 0 Å². The third-order valence-corrected chi connectivity index (χ3v) is 3.34. The lowest BCUT2D eigenvalue weighted by atomic mass is 10.2. The molecule has 1 heterocycles. The van der Waals surface area contributed by atoms with Gasteiger partial charge in [0.2, 0.25) is 0 Å². The molecule has 0 saturated carbocycles. The highest BCUT2D eigenvalue weighted by molar-refractivity contribution is 5.90. The first-order valence-electron chi connectivity index (χ1n) is 7.24. The Labute approximate surface area is 124 Å². The molecule has 0 unspecified atom stereocenters. The monoisotopic (exact) mass is 281 g/mol. The Bertz CT molecular complexity index is 721. The summed E-state index contributed by atoms with van der Waals surface area (Å²) in [7, 11) is 0. The second-order valence-corrected chi connectivity index (χ2v) is 4.99. The third kappa shape index (κ3) is 3.16. The average molecular weight is 281 g/mol. The minimum Gasteiger partial charge on any atom is -0.494 e. The van der Waals surface area contributed by atoms with E-state index in [2.05, 4.69) is 40.6 Å². The topological polar surface area (TPSA) is 49.9 Å². The van der Waals surface area contributed by atoms with Crippen LogP contribution < -0.4 is 10.1 Å². The molecule has 108 valence electrons. The first kappa shape index (κ1) is 13.5. The van der Waals surface area contributed by atoms with E-state index in [0.29, 0.717) is 0 Å². The summed E-state index contributed by atoms with van der Waals surface area (Å²) in [5, 5.41) is 11.6. The fourth-order valence-corrected chi connectivity index (χ4v) is 2.28. The molecule has 0 aliphatic heterocycles. The van der Waals surface area contributed by atoms with Gasteiger partial charge in [-0.25, -0.2) is 0 Å².